The molecule has 0 radical (unpaired) electrons. The summed E-state index contributed by atoms with van der Waals surface area (Å²) in [4.78, 5) is 12.7. The third-order valence-electron chi connectivity index (χ3n) is 4.55. The van der Waals surface area contributed by atoms with Crippen LogP contribution < -0.4 is 0 Å². The molecule has 1 saturated carbocycles. The second kappa shape index (κ2) is 8.59. The molecule has 0 heterocycles. The van der Waals surface area contributed by atoms with Crippen LogP contribution >= 0.6 is 0 Å². The molecule has 23 heavy (non-hydrogen) atoms. The fourth-order valence-corrected chi connectivity index (χ4v) is 4.59. The molecule has 0 aromatic carbocycles. The van der Waals surface area contributed by atoms with Crippen molar-refractivity contribution in [3.05, 3.63) is 11.6 Å². The van der Waals surface area contributed by atoms with Crippen LogP contribution in [0.3, 0.4) is 0 Å². The Balaban J connectivity index is 2.97. The lowest BCUT2D eigenvalue weighted by atomic mass is 9.74. The minimum Gasteiger partial charge on any atom is -0.412 e. The van der Waals surface area contributed by atoms with Gasteiger partial charge in [-0.15, -0.1) is 0 Å². The first-order chi connectivity index (χ1) is 10.6. The molecule has 0 unspecified atom stereocenters. The lowest BCUT2D eigenvalue weighted by molar-refractivity contribution is -0.140. The molecule has 0 amide bonds. The van der Waals surface area contributed by atoms with Crippen LogP contribution in [0, 0.1) is 17.8 Å². The first-order valence-corrected chi connectivity index (χ1v) is 12.4. The van der Waals surface area contributed by atoms with Crippen molar-refractivity contribution in [1.82, 2.24) is 0 Å². The summed E-state index contributed by atoms with van der Waals surface area (Å²) in [6, 6.07) is 0. The minimum absolute atomic E-state index is 0.0165. The van der Waals surface area contributed by atoms with Gasteiger partial charge in [0.1, 0.15) is 5.78 Å². The van der Waals surface area contributed by atoms with Gasteiger partial charge in [-0.25, -0.2) is 0 Å². The van der Waals surface area contributed by atoms with Gasteiger partial charge in [-0.2, -0.15) is 0 Å². The van der Waals surface area contributed by atoms with Gasteiger partial charge in [-0.3, -0.25) is 4.79 Å². The molecule has 0 N–H and O–H groups in total. The monoisotopic (exact) mass is 340 g/mol. The van der Waals surface area contributed by atoms with Crippen molar-refractivity contribution in [1.29, 1.82) is 0 Å². The molecule has 3 nitrogen and oxygen atoms in total. The molecule has 4 heteroatoms. The number of carbonyl (C=O) groups is 1. The summed E-state index contributed by atoms with van der Waals surface area (Å²) >= 11 is 0. The van der Waals surface area contributed by atoms with Gasteiger partial charge in [0.2, 0.25) is 0 Å². The highest BCUT2D eigenvalue weighted by molar-refractivity contribution is 6.69. The third-order valence-corrected chi connectivity index (χ3v) is 5.53. The van der Waals surface area contributed by atoms with E-state index in [0.717, 1.165) is 18.4 Å². The Morgan fingerprint density at radius 2 is 1.91 bits per heavy atom. The molecule has 0 aliphatic heterocycles. The standard InChI is InChI=1S/C19H36O3Si/c1-13(2)10-9-11-14(3)17-16(20)12-15(4)18(19(17)21-5)22-23(6,7)8/h11,13,15,17-19H,9-10,12H2,1-8H3/t15-,17-,18-,19+/m1/s1. The summed E-state index contributed by atoms with van der Waals surface area (Å²) in [5, 5.41) is 0. The minimum atomic E-state index is -1.68. The normalized spacial score (nSPS) is 30.1. The first-order valence-electron chi connectivity index (χ1n) is 8.96. The molecular formula is C19H36O3Si. The Kier molecular flexibility index (Phi) is 7.69. The van der Waals surface area contributed by atoms with Gasteiger partial charge in [-0.05, 0) is 51.2 Å². The fourth-order valence-electron chi connectivity index (χ4n) is 3.40. The van der Waals surface area contributed by atoms with E-state index < -0.39 is 8.32 Å². The summed E-state index contributed by atoms with van der Waals surface area (Å²) in [6.45, 7) is 15.2. The van der Waals surface area contributed by atoms with Crippen molar-refractivity contribution in [2.45, 2.75) is 78.8 Å². The van der Waals surface area contributed by atoms with E-state index in [1.165, 1.54) is 0 Å². The average molecular weight is 341 g/mol. The maximum absolute atomic E-state index is 12.7. The number of hydrogen-bond acceptors (Lipinski definition) is 3. The van der Waals surface area contributed by atoms with Gasteiger partial charge in [0.05, 0.1) is 18.1 Å². The SMILES string of the molecule is CO[C@H]1[C@H](C(C)=CCCC(C)C)C(=O)C[C@@H](C)[C@H]1O[Si](C)(C)C. The molecular weight excluding hydrogens is 304 g/mol. The Labute approximate surface area is 144 Å². The summed E-state index contributed by atoms with van der Waals surface area (Å²) < 4.78 is 12.2. The van der Waals surface area contributed by atoms with Gasteiger partial charge in [0, 0.05) is 13.5 Å². The summed E-state index contributed by atoms with van der Waals surface area (Å²) in [7, 11) is 0.0313. The Hall–Kier alpha value is -0.453. The van der Waals surface area contributed by atoms with Crippen molar-refractivity contribution in [2.75, 3.05) is 7.11 Å². The number of ketones is 1. The van der Waals surface area contributed by atoms with E-state index in [1.807, 2.05) is 0 Å². The van der Waals surface area contributed by atoms with Gasteiger partial charge < -0.3 is 9.16 Å². The fraction of sp³-hybridized carbons (Fsp3) is 0.842. The van der Waals surface area contributed by atoms with Crippen LogP contribution in [0.1, 0.15) is 47.0 Å². The van der Waals surface area contributed by atoms with Crippen LogP contribution in [0.15, 0.2) is 11.6 Å². The van der Waals surface area contributed by atoms with Crippen LogP contribution in [-0.4, -0.2) is 33.4 Å². The van der Waals surface area contributed by atoms with Crippen LogP contribution in [0.4, 0.5) is 0 Å². The second-order valence-electron chi connectivity index (χ2n) is 8.44. The Morgan fingerprint density at radius 1 is 1.30 bits per heavy atom. The van der Waals surface area contributed by atoms with Gasteiger partial charge in [0.15, 0.2) is 8.32 Å². The number of hydrogen-bond donors (Lipinski definition) is 0. The number of methoxy groups -OCH3 is 1. The van der Waals surface area contributed by atoms with E-state index in [4.69, 9.17) is 9.16 Å². The van der Waals surface area contributed by atoms with E-state index in [2.05, 4.69) is 53.4 Å². The molecule has 1 aliphatic rings. The predicted molar refractivity (Wildman–Crippen MR) is 99.1 cm³/mol. The van der Waals surface area contributed by atoms with Crippen molar-refractivity contribution < 1.29 is 14.0 Å². The smallest absolute Gasteiger partial charge is 0.184 e. The lowest BCUT2D eigenvalue weighted by Crippen LogP contribution is -2.53. The van der Waals surface area contributed by atoms with Crippen LogP contribution in [-0.2, 0) is 14.0 Å². The molecule has 4 atom stereocenters. The second-order valence-corrected chi connectivity index (χ2v) is 12.9. The Bertz CT molecular complexity index is 423. The van der Waals surface area contributed by atoms with Crippen molar-refractivity contribution in [3.63, 3.8) is 0 Å². The van der Waals surface area contributed by atoms with Gasteiger partial charge in [-0.1, -0.05) is 32.4 Å². The van der Waals surface area contributed by atoms with Crippen LogP contribution in [0.25, 0.3) is 0 Å². The highest BCUT2D eigenvalue weighted by Gasteiger charge is 2.45. The largest absolute Gasteiger partial charge is 0.412 e. The molecule has 0 bridgehead atoms. The lowest BCUT2D eigenvalue weighted by Gasteiger charge is -2.43. The highest BCUT2D eigenvalue weighted by Crippen LogP contribution is 2.36. The zero-order valence-corrected chi connectivity index (χ0v) is 17.3. The molecule has 1 fully saturated rings. The highest BCUT2D eigenvalue weighted by atomic mass is 28.4. The maximum Gasteiger partial charge on any atom is 0.184 e. The third kappa shape index (κ3) is 6.16. The summed E-state index contributed by atoms with van der Waals surface area (Å²) in [6.07, 6.45) is 4.86. The van der Waals surface area contributed by atoms with Crippen molar-refractivity contribution in [2.24, 2.45) is 17.8 Å². The van der Waals surface area contributed by atoms with Crippen LogP contribution in [0.2, 0.25) is 19.6 Å². The molecule has 0 aromatic heterocycles. The topological polar surface area (TPSA) is 35.5 Å². The van der Waals surface area contributed by atoms with E-state index >= 15 is 0 Å². The quantitative estimate of drug-likeness (QED) is 0.492. The Morgan fingerprint density at radius 3 is 2.39 bits per heavy atom. The van der Waals surface area contributed by atoms with Crippen molar-refractivity contribution in [3.8, 4) is 0 Å². The number of Topliss-reactive ketones (excluding diaryl/α,β-unsaturated/α-hetero) is 1. The van der Waals surface area contributed by atoms with Gasteiger partial charge >= 0.3 is 0 Å². The molecule has 134 valence electrons. The maximum atomic E-state index is 12.7. The van der Waals surface area contributed by atoms with E-state index in [1.54, 1.807) is 7.11 Å². The van der Waals surface area contributed by atoms with E-state index in [9.17, 15) is 4.79 Å². The summed E-state index contributed by atoms with van der Waals surface area (Å²) in [5.74, 6) is 1.06. The first kappa shape index (κ1) is 20.6. The van der Waals surface area contributed by atoms with Crippen LogP contribution in [0.5, 0.6) is 0 Å². The van der Waals surface area contributed by atoms with Gasteiger partial charge in [0.25, 0.3) is 0 Å². The van der Waals surface area contributed by atoms with Crippen molar-refractivity contribution >= 4 is 14.1 Å². The molecule has 0 saturated heterocycles. The average Bonchev–Trinajstić information content (AvgIpc) is 2.39. The zero-order valence-electron chi connectivity index (χ0n) is 16.3. The number of rotatable bonds is 7. The summed E-state index contributed by atoms with van der Waals surface area (Å²) in [5.41, 5.74) is 1.15. The number of allylic oxidation sites excluding steroid dienone is 1. The molecule has 0 spiro atoms. The van der Waals surface area contributed by atoms with E-state index in [0.29, 0.717) is 18.1 Å². The zero-order chi connectivity index (χ0) is 17.8. The number of ether oxygens (including phenoxy) is 1. The molecule has 1 aliphatic carbocycles. The number of carbonyl (C=O) groups excluding carboxylic acids is 1. The van der Waals surface area contributed by atoms with E-state index in [-0.39, 0.29) is 24.0 Å². The predicted octanol–water partition coefficient (Wildman–Crippen LogP) is 4.83. The molecule has 1 rings (SSSR count). The molecule has 0 aromatic rings.